The van der Waals surface area contributed by atoms with Gasteiger partial charge in [0.15, 0.2) is 5.82 Å². The number of hydrogen-bond acceptors (Lipinski definition) is 3. The van der Waals surface area contributed by atoms with Crippen molar-refractivity contribution in [2.24, 2.45) is 0 Å². The average Bonchev–Trinajstić information content (AvgIpc) is 3.79. The summed E-state index contributed by atoms with van der Waals surface area (Å²) >= 11 is 0. The predicted molar refractivity (Wildman–Crippen MR) is 234 cm³/mol. The first-order valence-electron chi connectivity index (χ1n) is 19.5. The van der Waals surface area contributed by atoms with Crippen LogP contribution in [0, 0.1) is 0 Å². The lowest BCUT2D eigenvalue weighted by Gasteiger charge is -2.31. The summed E-state index contributed by atoms with van der Waals surface area (Å²) < 4.78 is 6.20. The van der Waals surface area contributed by atoms with E-state index < -0.39 is 0 Å². The fourth-order valence-electron chi connectivity index (χ4n) is 9.13. The Hall–Kier alpha value is -7.36. The van der Waals surface area contributed by atoms with Crippen molar-refractivity contribution in [1.29, 1.82) is 0 Å². The van der Waals surface area contributed by atoms with E-state index in [-0.39, 0.29) is 5.41 Å². The molecule has 0 atom stereocenters. The first kappa shape index (κ1) is 33.0. The number of para-hydroxylation sites is 1. The van der Waals surface area contributed by atoms with E-state index in [9.17, 15) is 0 Å². The van der Waals surface area contributed by atoms with Crippen LogP contribution in [0.5, 0.6) is 0 Å². The number of hydrogen-bond donors (Lipinski definition) is 0. The molecule has 0 fully saturated rings. The highest BCUT2D eigenvalue weighted by atomic mass is 16.3. The lowest BCUT2D eigenvalue weighted by Crippen LogP contribution is -2.23. The van der Waals surface area contributed by atoms with Gasteiger partial charge in [0.1, 0.15) is 11.2 Å². The summed E-state index contributed by atoms with van der Waals surface area (Å²) in [7, 11) is 0. The maximum atomic E-state index is 6.20. The summed E-state index contributed by atoms with van der Waals surface area (Å²) in [5.74, 6) is 0.683. The monoisotopic (exact) mass is 728 g/mol. The molecule has 57 heavy (non-hydrogen) atoms. The highest BCUT2D eigenvalue weighted by Crippen LogP contribution is 2.54. The van der Waals surface area contributed by atoms with E-state index in [0.717, 1.165) is 66.7 Å². The highest BCUT2D eigenvalue weighted by molar-refractivity contribution is 6.06. The number of rotatable bonds is 6. The normalized spacial score (nSPS) is 12.8. The Balaban J connectivity index is 1.11. The minimum Gasteiger partial charge on any atom is -0.456 e. The summed E-state index contributed by atoms with van der Waals surface area (Å²) in [6, 6.07) is 71.1. The molecule has 0 unspecified atom stereocenters. The van der Waals surface area contributed by atoms with Gasteiger partial charge in [-0.05, 0) is 81.3 Å². The highest BCUT2D eigenvalue weighted by Gasteiger charge is 2.41. The van der Waals surface area contributed by atoms with Crippen molar-refractivity contribution >= 4 is 21.9 Å². The molecule has 10 aromatic rings. The molecule has 0 amide bonds. The van der Waals surface area contributed by atoms with Crippen LogP contribution in [0.1, 0.15) is 23.6 Å². The first-order valence-corrected chi connectivity index (χ1v) is 19.5. The van der Waals surface area contributed by atoms with Crippen LogP contribution in [-0.2, 0) is 5.41 Å². The lowest BCUT2D eigenvalue weighted by molar-refractivity contribution is 0.669. The van der Waals surface area contributed by atoms with Crippen molar-refractivity contribution in [2.75, 3.05) is 0 Å². The van der Waals surface area contributed by atoms with Crippen molar-refractivity contribution < 1.29 is 4.42 Å². The molecule has 8 aromatic carbocycles. The van der Waals surface area contributed by atoms with Crippen LogP contribution in [0.2, 0.25) is 0 Å². The van der Waals surface area contributed by atoms with E-state index in [1.807, 2.05) is 30.3 Å². The molecule has 0 saturated carbocycles. The van der Waals surface area contributed by atoms with E-state index in [0.29, 0.717) is 5.82 Å². The second-order valence-corrected chi connectivity index (χ2v) is 15.0. The van der Waals surface area contributed by atoms with Gasteiger partial charge in [-0.15, -0.1) is 0 Å². The van der Waals surface area contributed by atoms with Gasteiger partial charge in [0.25, 0.3) is 0 Å². The van der Waals surface area contributed by atoms with Crippen LogP contribution in [0.4, 0.5) is 0 Å². The summed E-state index contributed by atoms with van der Waals surface area (Å²) in [6.45, 7) is 2.38. The maximum absolute atomic E-state index is 6.20. The molecule has 0 spiro atoms. The Morgan fingerprint density at radius 3 is 1.44 bits per heavy atom. The average molecular weight is 729 g/mol. The van der Waals surface area contributed by atoms with Gasteiger partial charge in [0.2, 0.25) is 0 Å². The molecule has 268 valence electrons. The summed E-state index contributed by atoms with van der Waals surface area (Å²) in [5, 5.41) is 2.21. The molecule has 0 saturated heterocycles. The first-order chi connectivity index (χ1) is 28.1. The van der Waals surface area contributed by atoms with E-state index in [2.05, 4.69) is 177 Å². The molecule has 0 aliphatic heterocycles. The molecule has 1 aliphatic carbocycles. The van der Waals surface area contributed by atoms with Gasteiger partial charge in [-0.1, -0.05) is 176 Å². The molecule has 3 heteroatoms. The Kier molecular flexibility index (Phi) is 7.61. The van der Waals surface area contributed by atoms with Gasteiger partial charge < -0.3 is 4.42 Å². The topological polar surface area (TPSA) is 38.9 Å². The van der Waals surface area contributed by atoms with Crippen LogP contribution in [-0.4, -0.2) is 9.97 Å². The molecule has 2 heterocycles. The van der Waals surface area contributed by atoms with Gasteiger partial charge in [0, 0.05) is 32.9 Å². The molecular formula is C54H36N2O. The van der Waals surface area contributed by atoms with E-state index in [4.69, 9.17) is 14.4 Å². The fraction of sp³-hybridized carbons (Fsp3) is 0.0370. The summed E-state index contributed by atoms with van der Waals surface area (Å²) in [6.07, 6.45) is 0. The molecular weight excluding hydrogens is 693 g/mol. The van der Waals surface area contributed by atoms with Crippen LogP contribution in [0.15, 0.2) is 205 Å². The minimum absolute atomic E-state index is 0.358. The van der Waals surface area contributed by atoms with E-state index >= 15 is 0 Å². The van der Waals surface area contributed by atoms with Crippen molar-refractivity contribution in [3.63, 3.8) is 0 Å². The Labute approximate surface area is 331 Å². The SMILES string of the molecule is CC1(c2ccccc2-c2ccccc2-c2cc(-c3ccccc3-c3ccc4oc5ccccc5c4c3)nc(-c3ccccc3)n2)c2ccccc2-c2ccccc21. The van der Waals surface area contributed by atoms with Crippen molar-refractivity contribution in [3.05, 3.63) is 217 Å². The molecule has 0 N–H and O–H groups in total. The zero-order valence-corrected chi connectivity index (χ0v) is 31.4. The molecule has 11 rings (SSSR count). The van der Waals surface area contributed by atoms with Crippen LogP contribution in [0.3, 0.4) is 0 Å². The zero-order chi connectivity index (χ0) is 37.9. The molecule has 1 aliphatic rings. The largest absolute Gasteiger partial charge is 0.456 e. The van der Waals surface area contributed by atoms with Gasteiger partial charge >= 0.3 is 0 Å². The third-order valence-corrected chi connectivity index (χ3v) is 11.8. The van der Waals surface area contributed by atoms with Crippen molar-refractivity contribution in [3.8, 4) is 67.3 Å². The number of furan rings is 1. The van der Waals surface area contributed by atoms with E-state index in [1.165, 1.54) is 33.4 Å². The van der Waals surface area contributed by atoms with Crippen LogP contribution >= 0.6 is 0 Å². The predicted octanol–water partition coefficient (Wildman–Crippen LogP) is 14.0. The van der Waals surface area contributed by atoms with Crippen LogP contribution in [0.25, 0.3) is 89.2 Å². The maximum Gasteiger partial charge on any atom is 0.160 e. The Morgan fingerprint density at radius 2 is 0.807 bits per heavy atom. The summed E-state index contributed by atoms with van der Waals surface area (Å²) in [5.41, 5.74) is 17.2. The number of nitrogens with zero attached hydrogens (tertiary/aromatic N) is 2. The fourth-order valence-corrected chi connectivity index (χ4v) is 9.13. The van der Waals surface area contributed by atoms with Gasteiger partial charge in [-0.3, -0.25) is 0 Å². The van der Waals surface area contributed by atoms with Crippen molar-refractivity contribution in [1.82, 2.24) is 9.97 Å². The summed E-state index contributed by atoms with van der Waals surface area (Å²) in [4.78, 5) is 10.7. The lowest BCUT2D eigenvalue weighted by atomic mass is 9.71. The van der Waals surface area contributed by atoms with Gasteiger partial charge in [0.05, 0.1) is 11.4 Å². The standard InChI is InChI=1S/C54H36N2O/c1-54(47-28-14-10-22-40(47)41-23-11-15-29-48(41)54)46-27-13-9-21-39(46)38-20-6-8-25-43(38)50-34-49(55-53(56-50)35-17-3-2-4-18-35)42-24-7-5-19-37(42)36-31-32-52-45(33-36)44-26-12-16-30-51(44)57-52/h2-34H,1H3. The van der Waals surface area contributed by atoms with Crippen LogP contribution < -0.4 is 0 Å². The minimum atomic E-state index is -0.358. The molecule has 2 aromatic heterocycles. The quantitative estimate of drug-likeness (QED) is 0.171. The second-order valence-electron chi connectivity index (χ2n) is 15.0. The zero-order valence-electron chi connectivity index (χ0n) is 31.4. The number of benzene rings is 8. The second kappa shape index (κ2) is 13.1. The van der Waals surface area contributed by atoms with Gasteiger partial charge in [-0.25, -0.2) is 9.97 Å². The Morgan fingerprint density at radius 1 is 0.351 bits per heavy atom. The third kappa shape index (κ3) is 5.27. The Bertz CT molecular complexity index is 3110. The molecule has 0 bridgehead atoms. The number of aromatic nitrogens is 2. The number of fused-ring (bicyclic) bond motifs is 6. The third-order valence-electron chi connectivity index (χ3n) is 11.8. The van der Waals surface area contributed by atoms with Gasteiger partial charge in [-0.2, -0.15) is 0 Å². The molecule has 0 radical (unpaired) electrons. The molecule has 3 nitrogen and oxygen atoms in total. The van der Waals surface area contributed by atoms with Crippen molar-refractivity contribution in [2.45, 2.75) is 12.3 Å². The smallest absolute Gasteiger partial charge is 0.160 e. The van der Waals surface area contributed by atoms with E-state index in [1.54, 1.807) is 0 Å².